The number of unbranched alkanes of at least 4 members (excludes halogenated alkanes) is 12. The smallest absolute Gasteiger partial charge is 0.397 e. The van der Waals surface area contributed by atoms with Crippen molar-refractivity contribution in [3.63, 3.8) is 0 Å². The topological polar surface area (TPSA) is 52.3 Å². The van der Waals surface area contributed by atoms with Crippen LogP contribution in [0.4, 0.5) is 0 Å². The number of allylic oxidation sites excluding steroid dienone is 2. The van der Waals surface area contributed by atoms with Crippen molar-refractivity contribution in [2.75, 3.05) is 6.61 Å². The minimum atomic E-state index is -0.385. The SMILES string of the molecule is CCCCCCCCC/C=C/CCCCCCCOc1nc2ccc(C)cc2c(=O)o1. The minimum Gasteiger partial charge on any atom is -0.450 e. The van der Waals surface area contributed by atoms with Gasteiger partial charge in [0.2, 0.25) is 0 Å². The van der Waals surface area contributed by atoms with Gasteiger partial charge in [0.15, 0.2) is 0 Å². The molecule has 4 heteroatoms. The van der Waals surface area contributed by atoms with E-state index in [1.165, 1.54) is 77.0 Å². The summed E-state index contributed by atoms with van der Waals surface area (Å²) in [5, 5.41) is 0.504. The second kappa shape index (κ2) is 15.7. The third-order valence-corrected chi connectivity index (χ3v) is 5.65. The summed E-state index contributed by atoms with van der Waals surface area (Å²) in [4.78, 5) is 16.3. The van der Waals surface area contributed by atoms with Crippen LogP contribution in [0.1, 0.15) is 102 Å². The molecule has 2 rings (SSSR count). The molecule has 0 aliphatic carbocycles. The van der Waals surface area contributed by atoms with Crippen LogP contribution >= 0.6 is 0 Å². The van der Waals surface area contributed by atoms with Crippen molar-refractivity contribution in [3.05, 3.63) is 46.3 Å². The van der Waals surface area contributed by atoms with Gasteiger partial charge in [-0.05, 0) is 51.2 Å². The van der Waals surface area contributed by atoms with E-state index in [1.807, 2.05) is 19.1 Å². The molecule has 0 aliphatic heterocycles. The van der Waals surface area contributed by atoms with Crippen LogP contribution in [0.3, 0.4) is 0 Å². The van der Waals surface area contributed by atoms with Crippen LogP contribution < -0.4 is 10.4 Å². The van der Waals surface area contributed by atoms with Crippen molar-refractivity contribution in [1.82, 2.24) is 4.98 Å². The molecule has 0 N–H and O–H groups in total. The molecule has 0 unspecified atom stereocenters. The normalized spacial score (nSPS) is 11.5. The van der Waals surface area contributed by atoms with Gasteiger partial charge in [-0.15, -0.1) is 0 Å². The Morgan fingerprint density at radius 3 is 2.16 bits per heavy atom. The van der Waals surface area contributed by atoms with Gasteiger partial charge in [-0.3, -0.25) is 0 Å². The molecule has 0 bridgehead atoms. The number of hydrogen-bond donors (Lipinski definition) is 0. The first-order valence-electron chi connectivity index (χ1n) is 12.4. The van der Waals surface area contributed by atoms with Crippen LogP contribution in [0.5, 0.6) is 6.08 Å². The largest absolute Gasteiger partial charge is 0.450 e. The maximum Gasteiger partial charge on any atom is 0.397 e. The highest BCUT2D eigenvalue weighted by molar-refractivity contribution is 5.77. The summed E-state index contributed by atoms with van der Waals surface area (Å²) in [6.07, 6.45) is 22.7. The number of hydrogen-bond acceptors (Lipinski definition) is 4. The Bertz CT molecular complexity index is 825. The summed E-state index contributed by atoms with van der Waals surface area (Å²) < 4.78 is 10.7. The molecule has 0 radical (unpaired) electrons. The molecule has 0 saturated carbocycles. The van der Waals surface area contributed by atoms with E-state index in [2.05, 4.69) is 24.1 Å². The molecule has 4 nitrogen and oxygen atoms in total. The van der Waals surface area contributed by atoms with E-state index in [9.17, 15) is 4.79 Å². The molecule has 0 saturated heterocycles. The average molecular weight is 428 g/mol. The lowest BCUT2D eigenvalue weighted by Gasteiger charge is -2.05. The predicted octanol–water partition coefficient (Wildman–Crippen LogP) is 7.91. The van der Waals surface area contributed by atoms with Crippen molar-refractivity contribution in [1.29, 1.82) is 0 Å². The number of ether oxygens (including phenoxy) is 1. The zero-order chi connectivity index (χ0) is 22.2. The number of benzene rings is 1. The van der Waals surface area contributed by atoms with E-state index in [0.717, 1.165) is 18.4 Å². The zero-order valence-electron chi connectivity index (χ0n) is 19.7. The molecule has 0 atom stereocenters. The Labute approximate surface area is 188 Å². The maximum atomic E-state index is 12.0. The maximum absolute atomic E-state index is 12.0. The monoisotopic (exact) mass is 427 g/mol. The van der Waals surface area contributed by atoms with Crippen molar-refractivity contribution in [2.24, 2.45) is 0 Å². The van der Waals surface area contributed by atoms with Gasteiger partial charge in [0, 0.05) is 0 Å². The van der Waals surface area contributed by atoms with Gasteiger partial charge in [0.1, 0.15) is 0 Å². The van der Waals surface area contributed by atoms with Crippen LogP contribution in [0.2, 0.25) is 0 Å². The van der Waals surface area contributed by atoms with Crippen LogP contribution in [-0.4, -0.2) is 11.6 Å². The number of rotatable bonds is 17. The molecule has 2 aromatic rings. The zero-order valence-corrected chi connectivity index (χ0v) is 19.7. The van der Waals surface area contributed by atoms with Crippen molar-refractivity contribution >= 4 is 10.9 Å². The molecular formula is C27H41NO3. The van der Waals surface area contributed by atoms with Gasteiger partial charge in [-0.1, -0.05) is 88.5 Å². The predicted molar refractivity (Wildman–Crippen MR) is 130 cm³/mol. The van der Waals surface area contributed by atoms with Gasteiger partial charge in [-0.2, -0.15) is 4.98 Å². The van der Waals surface area contributed by atoms with E-state index < -0.39 is 0 Å². The molecule has 0 aliphatic rings. The van der Waals surface area contributed by atoms with Crippen LogP contribution in [-0.2, 0) is 0 Å². The molecule has 1 heterocycles. The molecule has 0 spiro atoms. The summed E-state index contributed by atoms with van der Waals surface area (Å²) in [6.45, 7) is 4.75. The van der Waals surface area contributed by atoms with E-state index in [-0.39, 0.29) is 11.7 Å². The number of aromatic nitrogens is 1. The molecule has 31 heavy (non-hydrogen) atoms. The van der Waals surface area contributed by atoms with Gasteiger partial charge < -0.3 is 9.15 Å². The Hall–Kier alpha value is -2.10. The third-order valence-electron chi connectivity index (χ3n) is 5.65. The third kappa shape index (κ3) is 10.7. The molecule has 0 amide bonds. The molecule has 1 aromatic heterocycles. The lowest BCUT2D eigenvalue weighted by Crippen LogP contribution is -2.06. The number of fused-ring (bicyclic) bond motifs is 1. The van der Waals surface area contributed by atoms with E-state index in [0.29, 0.717) is 17.5 Å². The minimum absolute atomic E-state index is 0.0763. The summed E-state index contributed by atoms with van der Waals surface area (Å²) in [5.74, 6) is 0. The first-order chi connectivity index (χ1) is 15.2. The quantitative estimate of drug-likeness (QED) is 0.190. The summed E-state index contributed by atoms with van der Waals surface area (Å²) in [5.41, 5.74) is 1.25. The molecule has 1 aromatic carbocycles. The molecular weight excluding hydrogens is 386 g/mol. The summed E-state index contributed by atoms with van der Waals surface area (Å²) in [6, 6.07) is 5.56. The fourth-order valence-electron chi connectivity index (χ4n) is 3.74. The number of nitrogens with zero attached hydrogens (tertiary/aromatic N) is 1. The Morgan fingerprint density at radius 2 is 1.48 bits per heavy atom. The fraction of sp³-hybridized carbons (Fsp3) is 0.630. The lowest BCUT2D eigenvalue weighted by atomic mass is 10.1. The summed E-state index contributed by atoms with van der Waals surface area (Å²) >= 11 is 0. The highest BCUT2D eigenvalue weighted by Crippen LogP contribution is 2.15. The Kier molecular flexibility index (Phi) is 12.7. The second-order valence-electron chi connectivity index (χ2n) is 8.57. The standard InChI is InChI=1S/C27H41NO3/c1-3-4-5-6-7-8-9-10-11-12-13-14-15-16-17-18-21-30-27-28-25-20-19-23(2)22-24(25)26(29)31-27/h11-12,19-20,22H,3-10,13-18,21H2,1-2H3/b12-11+. The second-order valence-corrected chi connectivity index (χ2v) is 8.57. The van der Waals surface area contributed by atoms with Gasteiger partial charge in [-0.25, -0.2) is 4.79 Å². The van der Waals surface area contributed by atoms with E-state index in [1.54, 1.807) is 6.07 Å². The highest BCUT2D eigenvalue weighted by Gasteiger charge is 2.07. The van der Waals surface area contributed by atoms with Crippen LogP contribution in [0, 0.1) is 6.92 Å². The molecule has 0 fully saturated rings. The van der Waals surface area contributed by atoms with Crippen molar-refractivity contribution < 1.29 is 9.15 Å². The number of aryl methyl sites for hydroxylation is 1. The van der Waals surface area contributed by atoms with Crippen molar-refractivity contribution in [2.45, 2.75) is 104 Å². The van der Waals surface area contributed by atoms with E-state index >= 15 is 0 Å². The Balaban J connectivity index is 1.44. The van der Waals surface area contributed by atoms with Crippen LogP contribution in [0.15, 0.2) is 39.6 Å². The average Bonchev–Trinajstić information content (AvgIpc) is 2.76. The summed E-state index contributed by atoms with van der Waals surface area (Å²) in [7, 11) is 0. The van der Waals surface area contributed by atoms with Crippen LogP contribution in [0.25, 0.3) is 10.9 Å². The van der Waals surface area contributed by atoms with Gasteiger partial charge >= 0.3 is 11.7 Å². The highest BCUT2D eigenvalue weighted by atomic mass is 16.6. The van der Waals surface area contributed by atoms with Crippen molar-refractivity contribution in [3.8, 4) is 6.08 Å². The first-order valence-corrected chi connectivity index (χ1v) is 12.4. The van der Waals surface area contributed by atoms with E-state index in [4.69, 9.17) is 9.15 Å². The fourth-order valence-corrected chi connectivity index (χ4v) is 3.74. The first kappa shape index (κ1) is 25.2. The Morgan fingerprint density at radius 1 is 0.871 bits per heavy atom. The van der Waals surface area contributed by atoms with Gasteiger partial charge in [0.05, 0.1) is 17.5 Å². The molecule has 172 valence electrons. The lowest BCUT2D eigenvalue weighted by molar-refractivity contribution is 0.211. The van der Waals surface area contributed by atoms with Gasteiger partial charge in [0.25, 0.3) is 0 Å².